The number of pyridine rings is 1. The number of hydrogen-bond donors (Lipinski definition) is 1. The minimum Gasteiger partial charge on any atom is -0.382 e. The SMILES string of the molecule is CCOCCCNC(=O)C1CCCN(c2ncccc2C(F)(F)F)C1. The predicted octanol–water partition coefficient (Wildman–Crippen LogP) is 2.86. The molecule has 140 valence electrons. The van der Waals surface area contributed by atoms with E-state index in [1.807, 2.05) is 6.92 Å². The number of alkyl halides is 3. The zero-order chi connectivity index (χ0) is 18.3. The molecular weight excluding hydrogens is 335 g/mol. The van der Waals surface area contributed by atoms with Crippen LogP contribution in [0.15, 0.2) is 18.3 Å². The zero-order valence-electron chi connectivity index (χ0n) is 14.3. The molecule has 0 saturated carbocycles. The lowest BCUT2D eigenvalue weighted by molar-refractivity contribution is -0.137. The molecule has 1 fully saturated rings. The maximum atomic E-state index is 13.2. The minimum atomic E-state index is -4.46. The summed E-state index contributed by atoms with van der Waals surface area (Å²) in [6.45, 7) is 4.34. The highest BCUT2D eigenvalue weighted by Crippen LogP contribution is 2.36. The first-order valence-electron chi connectivity index (χ1n) is 8.56. The third-order valence-corrected chi connectivity index (χ3v) is 4.15. The molecule has 0 radical (unpaired) electrons. The molecule has 1 aliphatic rings. The Kier molecular flexibility index (Phi) is 7.04. The molecule has 0 aromatic carbocycles. The van der Waals surface area contributed by atoms with Crippen molar-refractivity contribution in [1.29, 1.82) is 0 Å². The van der Waals surface area contributed by atoms with Gasteiger partial charge in [0.1, 0.15) is 5.82 Å². The fourth-order valence-corrected chi connectivity index (χ4v) is 2.93. The van der Waals surface area contributed by atoms with Gasteiger partial charge in [0.2, 0.25) is 5.91 Å². The van der Waals surface area contributed by atoms with Gasteiger partial charge in [0.25, 0.3) is 0 Å². The third kappa shape index (κ3) is 5.59. The average molecular weight is 359 g/mol. The van der Waals surface area contributed by atoms with Crippen molar-refractivity contribution in [3.8, 4) is 0 Å². The van der Waals surface area contributed by atoms with Crippen LogP contribution in [0.1, 0.15) is 31.7 Å². The van der Waals surface area contributed by atoms with Crippen LogP contribution in [0.4, 0.5) is 19.0 Å². The summed E-state index contributed by atoms with van der Waals surface area (Å²) < 4.78 is 44.7. The molecule has 0 aliphatic carbocycles. The Morgan fingerprint density at radius 2 is 2.28 bits per heavy atom. The second-order valence-corrected chi connectivity index (χ2v) is 6.00. The molecule has 1 N–H and O–H groups in total. The normalized spacial score (nSPS) is 18.2. The number of halogens is 3. The van der Waals surface area contributed by atoms with Crippen molar-refractivity contribution in [3.05, 3.63) is 23.9 Å². The summed E-state index contributed by atoms with van der Waals surface area (Å²) in [5, 5.41) is 2.84. The van der Waals surface area contributed by atoms with Gasteiger partial charge in [-0.15, -0.1) is 0 Å². The van der Waals surface area contributed by atoms with E-state index in [4.69, 9.17) is 4.74 Å². The lowest BCUT2D eigenvalue weighted by Gasteiger charge is -2.34. The van der Waals surface area contributed by atoms with E-state index in [1.54, 1.807) is 4.90 Å². The van der Waals surface area contributed by atoms with E-state index >= 15 is 0 Å². The second-order valence-electron chi connectivity index (χ2n) is 6.00. The van der Waals surface area contributed by atoms with Crippen molar-refractivity contribution in [2.24, 2.45) is 5.92 Å². The van der Waals surface area contributed by atoms with Crippen molar-refractivity contribution < 1.29 is 22.7 Å². The Morgan fingerprint density at radius 1 is 1.48 bits per heavy atom. The molecular formula is C17H24F3N3O2. The minimum absolute atomic E-state index is 0.0937. The van der Waals surface area contributed by atoms with Gasteiger partial charge in [-0.3, -0.25) is 4.79 Å². The van der Waals surface area contributed by atoms with E-state index in [0.29, 0.717) is 45.6 Å². The van der Waals surface area contributed by atoms with Gasteiger partial charge in [-0.2, -0.15) is 13.2 Å². The number of carbonyl (C=O) groups is 1. The number of hydrogen-bond acceptors (Lipinski definition) is 4. The van der Waals surface area contributed by atoms with E-state index in [2.05, 4.69) is 10.3 Å². The predicted molar refractivity (Wildman–Crippen MR) is 88.3 cm³/mol. The zero-order valence-corrected chi connectivity index (χ0v) is 14.3. The lowest BCUT2D eigenvalue weighted by Crippen LogP contribution is -2.44. The lowest BCUT2D eigenvalue weighted by atomic mass is 9.96. The molecule has 1 amide bonds. The van der Waals surface area contributed by atoms with Crippen LogP contribution in [-0.4, -0.2) is 43.7 Å². The molecule has 5 nitrogen and oxygen atoms in total. The molecule has 1 saturated heterocycles. The molecule has 1 aromatic heterocycles. The number of anilines is 1. The van der Waals surface area contributed by atoms with Crippen LogP contribution in [-0.2, 0) is 15.7 Å². The fraction of sp³-hybridized carbons (Fsp3) is 0.647. The first-order chi connectivity index (χ1) is 11.9. The van der Waals surface area contributed by atoms with Crippen molar-refractivity contribution in [2.75, 3.05) is 37.7 Å². The first-order valence-corrected chi connectivity index (χ1v) is 8.56. The largest absolute Gasteiger partial charge is 0.419 e. The number of rotatable bonds is 7. The Labute approximate surface area is 145 Å². The van der Waals surface area contributed by atoms with Crippen LogP contribution < -0.4 is 10.2 Å². The monoisotopic (exact) mass is 359 g/mol. The van der Waals surface area contributed by atoms with Crippen LogP contribution in [0.3, 0.4) is 0 Å². The number of aromatic nitrogens is 1. The van der Waals surface area contributed by atoms with Crippen LogP contribution in [0.2, 0.25) is 0 Å². The van der Waals surface area contributed by atoms with E-state index < -0.39 is 11.7 Å². The van der Waals surface area contributed by atoms with Gasteiger partial charge in [0.05, 0.1) is 11.5 Å². The van der Waals surface area contributed by atoms with Crippen molar-refractivity contribution in [2.45, 2.75) is 32.4 Å². The molecule has 1 unspecified atom stereocenters. The van der Waals surface area contributed by atoms with Crippen molar-refractivity contribution in [3.63, 3.8) is 0 Å². The average Bonchev–Trinajstić information content (AvgIpc) is 2.61. The summed E-state index contributed by atoms with van der Waals surface area (Å²) in [6.07, 6.45) is -1.07. The summed E-state index contributed by atoms with van der Waals surface area (Å²) in [6, 6.07) is 2.30. The van der Waals surface area contributed by atoms with Crippen LogP contribution in [0, 0.1) is 5.92 Å². The van der Waals surface area contributed by atoms with Crippen LogP contribution >= 0.6 is 0 Å². The molecule has 2 heterocycles. The maximum Gasteiger partial charge on any atom is 0.419 e. The summed E-state index contributed by atoms with van der Waals surface area (Å²) >= 11 is 0. The van der Waals surface area contributed by atoms with Gasteiger partial charge in [0, 0.05) is 39.0 Å². The highest BCUT2D eigenvalue weighted by molar-refractivity contribution is 5.79. The number of nitrogens with one attached hydrogen (secondary N) is 1. The summed E-state index contributed by atoms with van der Waals surface area (Å²) in [4.78, 5) is 17.8. The van der Waals surface area contributed by atoms with Gasteiger partial charge in [-0.05, 0) is 38.3 Å². The smallest absolute Gasteiger partial charge is 0.382 e. The number of nitrogens with zero attached hydrogens (tertiary/aromatic N) is 2. The molecule has 8 heteroatoms. The second kappa shape index (κ2) is 9.03. The van der Waals surface area contributed by atoms with Gasteiger partial charge in [-0.25, -0.2) is 4.98 Å². The number of ether oxygens (including phenoxy) is 1. The molecule has 1 atom stereocenters. The molecule has 1 aliphatic heterocycles. The summed E-state index contributed by atoms with van der Waals surface area (Å²) in [5.74, 6) is -0.543. The van der Waals surface area contributed by atoms with Gasteiger partial charge in [0.15, 0.2) is 0 Å². The molecule has 25 heavy (non-hydrogen) atoms. The summed E-state index contributed by atoms with van der Waals surface area (Å²) in [7, 11) is 0. The third-order valence-electron chi connectivity index (χ3n) is 4.15. The molecule has 1 aromatic rings. The topological polar surface area (TPSA) is 54.5 Å². The van der Waals surface area contributed by atoms with E-state index in [0.717, 1.165) is 6.07 Å². The Morgan fingerprint density at radius 3 is 3.00 bits per heavy atom. The number of piperidine rings is 1. The quantitative estimate of drug-likeness (QED) is 0.761. The Bertz CT molecular complexity index is 566. The van der Waals surface area contributed by atoms with Crippen LogP contribution in [0.25, 0.3) is 0 Å². The summed E-state index contributed by atoms with van der Waals surface area (Å²) in [5.41, 5.74) is -0.757. The number of carbonyl (C=O) groups excluding carboxylic acids is 1. The highest BCUT2D eigenvalue weighted by atomic mass is 19.4. The molecule has 2 rings (SSSR count). The Hall–Kier alpha value is -1.83. The van der Waals surface area contributed by atoms with Crippen molar-refractivity contribution in [1.82, 2.24) is 10.3 Å². The Balaban J connectivity index is 1.96. The van der Waals surface area contributed by atoms with E-state index in [-0.39, 0.29) is 24.2 Å². The molecule has 0 spiro atoms. The number of amides is 1. The molecule has 0 bridgehead atoms. The first kappa shape index (κ1) is 19.5. The standard InChI is InChI=1S/C17H24F3N3O2/c1-2-25-11-5-9-22-16(24)13-6-4-10-23(12-13)15-14(17(18,19)20)7-3-8-21-15/h3,7-8,13H,2,4-6,9-12H2,1H3,(H,22,24). The maximum absolute atomic E-state index is 13.2. The van der Waals surface area contributed by atoms with Crippen LogP contribution in [0.5, 0.6) is 0 Å². The van der Waals surface area contributed by atoms with Gasteiger partial charge < -0.3 is 15.0 Å². The van der Waals surface area contributed by atoms with Gasteiger partial charge >= 0.3 is 6.18 Å². The van der Waals surface area contributed by atoms with Gasteiger partial charge in [-0.1, -0.05) is 0 Å². The highest BCUT2D eigenvalue weighted by Gasteiger charge is 2.37. The van der Waals surface area contributed by atoms with E-state index in [9.17, 15) is 18.0 Å². The fourth-order valence-electron chi connectivity index (χ4n) is 2.93. The van der Waals surface area contributed by atoms with E-state index in [1.165, 1.54) is 12.3 Å². The van der Waals surface area contributed by atoms with Crippen molar-refractivity contribution >= 4 is 11.7 Å².